The van der Waals surface area contributed by atoms with Crippen LogP contribution in [0.4, 0.5) is 0 Å². The van der Waals surface area contributed by atoms with Gasteiger partial charge in [0.25, 0.3) is 0 Å². The molecule has 0 radical (unpaired) electrons. The van der Waals surface area contributed by atoms with Crippen LogP contribution in [0.1, 0.15) is 6.92 Å². The topological polar surface area (TPSA) is 29.5 Å². The van der Waals surface area contributed by atoms with Crippen molar-refractivity contribution in [3.8, 4) is 0 Å². The Bertz CT molecular complexity index is 49.7. The molecule has 8 heavy (non-hydrogen) atoms. The van der Waals surface area contributed by atoms with Gasteiger partial charge in [-0.15, -0.1) is 0 Å². The number of rotatable bonds is 4. The average molecular weight is 183 g/mol. The highest BCUT2D eigenvalue weighted by Gasteiger charge is 1.97. The molecule has 0 saturated heterocycles. The number of hydrogen-bond donors (Lipinski definition) is 1. The largest absolute Gasteiger partial charge is 0.390 e. The van der Waals surface area contributed by atoms with Gasteiger partial charge in [-0.25, -0.2) is 0 Å². The molecule has 0 aromatic heterocycles. The van der Waals surface area contributed by atoms with Crippen molar-refractivity contribution in [1.29, 1.82) is 0 Å². The summed E-state index contributed by atoms with van der Waals surface area (Å²) in [5.74, 6) is 0. The number of hydrogen-bond acceptors (Lipinski definition) is 2. The highest BCUT2D eigenvalue weighted by Crippen LogP contribution is 1.89. The summed E-state index contributed by atoms with van der Waals surface area (Å²) in [6, 6.07) is 0. The van der Waals surface area contributed by atoms with Crippen molar-refractivity contribution in [1.82, 2.24) is 0 Å². The standard InChI is InChI=1S/C5H11BrO2/c1-2-8-4-5(7)3-6/h5,7H,2-4H2,1H3. The Balaban J connectivity index is 2.86. The Labute approximate surface area is 58.0 Å². The second-order valence-corrected chi connectivity index (χ2v) is 2.12. The molecule has 50 valence electrons. The van der Waals surface area contributed by atoms with E-state index in [1.165, 1.54) is 0 Å². The van der Waals surface area contributed by atoms with Gasteiger partial charge in [-0.05, 0) is 6.92 Å². The fourth-order valence-electron chi connectivity index (χ4n) is 0.298. The summed E-state index contributed by atoms with van der Waals surface area (Å²) in [5.41, 5.74) is 0. The van der Waals surface area contributed by atoms with Gasteiger partial charge < -0.3 is 9.84 Å². The predicted octanol–water partition coefficient (Wildman–Crippen LogP) is 0.779. The Morgan fingerprint density at radius 2 is 2.38 bits per heavy atom. The maximum absolute atomic E-state index is 8.82. The lowest BCUT2D eigenvalue weighted by Crippen LogP contribution is -2.16. The maximum Gasteiger partial charge on any atom is 0.0870 e. The van der Waals surface area contributed by atoms with E-state index in [0.717, 1.165) is 0 Å². The number of aliphatic hydroxyl groups excluding tert-OH is 1. The predicted molar refractivity (Wildman–Crippen MR) is 36.3 cm³/mol. The van der Waals surface area contributed by atoms with Gasteiger partial charge in [-0.2, -0.15) is 0 Å². The van der Waals surface area contributed by atoms with E-state index in [1.807, 2.05) is 6.92 Å². The van der Waals surface area contributed by atoms with Crippen LogP contribution in [0.3, 0.4) is 0 Å². The van der Waals surface area contributed by atoms with Crippen LogP contribution < -0.4 is 0 Å². The van der Waals surface area contributed by atoms with Gasteiger partial charge in [-0.1, -0.05) is 15.9 Å². The Hall–Kier alpha value is 0.400. The molecule has 0 fully saturated rings. The zero-order chi connectivity index (χ0) is 6.41. The zero-order valence-electron chi connectivity index (χ0n) is 4.93. The summed E-state index contributed by atoms with van der Waals surface area (Å²) in [6.07, 6.45) is -0.352. The number of aliphatic hydroxyl groups is 1. The van der Waals surface area contributed by atoms with Gasteiger partial charge in [0.1, 0.15) is 0 Å². The van der Waals surface area contributed by atoms with Crippen molar-refractivity contribution in [3.05, 3.63) is 0 Å². The Morgan fingerprint density at radius 3 is 2.75 bits per heavy atom. The van der Waals surface area contributed by atoms with Crippen molar-refractivity contribution in [2.24, 2.45) is 0 Å². The first kappa shape index (κ1) is 8.40. The van der Waals surface area contributed by atoms with Gasteiger partial charge in [0, 0.05) is 11.9 Å². The summed E-state index contributed by atoms with van der Waals surface area (Å²) in [5, 5.41) is 9.41. The molecule has 3 heteroatoms. The zero-order valence-corrected chi connectivity index (χ0v) is 6.52. The Morgan fingerprint density at radius 1 is 1.75 bits per heavy atom. The van der Waals surface area contributed by atoms with Gasteiger partial charge in [0.2, 0.25) is 0 Å². The maximum atomic E-state index is 8.82. The van der Waals surface area contributed by atoms with E-state index in [9.17, 15) is 0 Å². The van der Waals surface area contributed by atoms with Crippen LogP contribution in [0.5, 0.6) is 0 Å². The van der Waals surface area contributed by atoms with Gasteiger partial charge in [0.05, 0.1) is 12.7 Å². The van der Waals surface area contributed by atoms with Crippen LogP contribution in [-0.4, -0.2) is 29.8 Å². The van der Waals surface area contributed by atoms with Crippen molar-refractivity contribution < 1.29 is 9.84 Å². The van der Waals surface area contributed by atoms with Crippen LogP contribution in [0.2, 0.25) is 0 Å². The molecule has 0 aliphatic carbocycles. The van der Waals surface area contributed by atoms with Gasteiger partial charge in [0.15, 0.2) is 0 Å². The molecule has 2 nitrogen and oxygen atoms in total. The van der Waals surface area contributed by atoms with E-state index in [-0.39, 0.29) is 6.10 Å². The third-order valence-electron chi connectivity index (χ3n) is 0.692. The van der Waals surface area contributed by atoms with E-state index in [0.29, 0.717) is 18.5 Å². The molecular formula is C5H11BrO2. The number of alkyl halides is 1. The van der Waals surface area contributed by atoms with Crippen molar-refractivity contribution >= 4 is 15.9 Å². The van der Waals surface area contributed by atoms with Gasteiger partial charge in [-0.3, -0.25) is 0 Å². The van der Waals surface area contributed by atoms with E-state index >= 15 is 0 Å². The molecule has 0 amide bonds. The molecule has 0 saturated carbocycles. The monoisotopic (exact) mass is 182 g/mol. The summed E-state index contributed by atoms with van der Waals surface area (Å²) < 4.78 is 4.91. The minimum Gasteiger partial charge on any atom is -0.390 e. The van der Waals surface area contributed by atoms with Crippen molar-refractivity contribution in [2.45, 2.75) is 13.0 Å². The molecule has 0 heterocycles. The van der Waals surface area contributed by atoms with Crippen LogP contribution in [-0.2, 0) is 4.74 Å². The minimum atomic E-state index is -0.352. The van der Waals surface area contributed by atoms with E-state index in [4.69, 9.17) is 9.84 Å². The van der Waals surface area contributed by atoms with Gasteiger partial charge >= 0.3 is 0 Å². The molecular weight excluding hydrogens is 172 g/mol. The molecule has 0 bridgehead atoms. The molecule has 0 spiro atoms. The molecule has 1 atom stereocenters. The molecule has 0 aromatic carbocycles. The first-order valence-corrected chi connectivity index (χ1v) is 3.75. The SMILES string of the molecule is CCOCC(O)CBr. The lowest BCUT2D eigenvalue weighted by atomic mass is 10.4. The average Bonchev–Trinajstić information content (AvgIpc) is 1.83. The fourth-order valence-corrected chi connectivity index (χ4v) is 0.485. The van der Waals surface area contributed by atoms with Crippen LogP contribution in [0, 0.1) is 0 Å². The minimum absolute atomic E-state index is 0.352. The van der Waals surface area contributed by atoms with Crippen LogP contribution >= 0.6 is 15.9 Å². The number of halogens is 1. The fraction of sp³-hybridized carbons (Fsp3) is 1.00. The summed E-state index contributed by atoms with van der Waals surface area (Å²) in [7, 11) is 0. The van der Waals surface area contributed by atoms with Crippen LogP contribution in [0.15, 0.2) is 0 Å². The lowest BCUT2D eigenvalue weighted by molar-refractivity contribution is 0.0557. The third-order valence-corrected chi connectivity index (χ3v) is 1.44. The van der Waals surface area contributed by atoms with E-state index < -0.39 is 0 Å². The molecule has 1 unspecified atom stereocenters. The lowest BCUT2D eigenvalue weighted by Gasteiger charge is -2.04. The second kappa shape index (κ2) is 5.54. The molecule has 0 aliphatic heterocycles. The third kappa shape index (κ3) is 4.56. The van der Waals surface area contributed by atoms with Crippen molar-refractivity contribution in [3.63, 3.8) is 0 Å². The molecule has 0 aliphatic rings. The Kier molecular flexibility index (Phi) is 5.81. The quantitative estimate of drug-likeness (QED) is 0.652. The van der Waals surface area contributed by atoms with Crippen molar-refractivity contribution in [2.75, 3.05) is 18.5 Å². The van der Waals surface area contributed by atoms with E-state index in [2.05, 4.69) is 15.9 Å². The number of ether oxygens (including phenoxy) is 1. The van der Waals surface area contributed by atoms with E-state index in [1.54, 1.807) is 0 Å². The molecule has 0 rings (SSSR count). The molecule has 1 N–H and O–H groups in total. The smallest absolute Gasteiger partial charge is 0.0870 e. The second-order valence-electron chi connectivity index (χ2n) is 1.47. The molecule has 0 aromatic rings. The first-order valence-electron chi connectivity index (χ1n) is 2.63. The normalized spacial score (nSPS) is 13.9. The first-order chi connectivity index (χ1) is 3.81. The highest BCUT2D eigenvalue weighted by atomic mass is 79.9. The van der Waals surface area contributed by atoms with Crippen LogP contribution in [0.25, 0.3) is 0 Å². The summed E-state index contributed by atoms with van der Waals surface area (Å²) in [6.45, 7) is 3.01. The highest BCUT2D eigenvalue weighted by molar-refractivity contribution is 9.09. The summed E-state index contributed by atoms with van der Waals surface area (Å²) in [4.78, 5) is 0. The summed E-state index contributed by atoms with van der Waals surface area (Å²) >= 11 is 3.11.